The van der Waals surface area contributed by atoms with E-state index < -0.39 is 5.54 Å². The second kappa shape index (κ2) is 14.7. The second-order valence-corrected chi connectivity index (χ2v) is 16.3. The Morgan fingerprint density at radius 2 is 1.47 bits per heavy atom. The number of rotatable bonds is 10. The Labute approximate surface area is 329 Å². The lowest BCUT2D eigenvalue weighted by Crippen LogP contribution is -2.52. The predicted octanol–water partition coefficient (Wildman–Crippen LogP) is 10.2. The van der Waals surface area contributed by atoms with Crippen molar-refractivity contribution in [1.29, 1.82) is 0 Å². The number of hydrogen-bond acceptors (Lipinski definition) is 8. The summed E-state index contributed by atoms with van der Waals surface area (Å²) in [5.41, 5.74) is 5.01. The summed E-state index contributed by atoms with van der Waals surface area (Å²) in [6.07, 6.45) is 7.94. The Kier molecular flexibility index (Phi) is 9.44. The Balaban J connectivity index is 1.28. The molecule has 4 heterocycles. The molecule has 0 unspecified atom stereocenters. The van der Waals surface area contributed by atoms with Crippen LogP contribution < -0.4 is 5.32 Å². The van der Waals surface area contributed by atoms with E-state index in [0.29, 0.717) is 46.8 Å². The van der Waals surface area contributed by atoms with Gasteiger partial charge in [0, 0.05) is 23.2 Å². The molecule has 3 aliphatic rings. The van der Waals surface area contributed by atoms with Crippen LogP contribution in [0.5, 0.6) is 0 Å². The Morgan fingerprint density at radius 1 is 0.855 bits per heavy atom. The van der Waals surface area contributed by atoms with Crippen molar-refractivity contribution >= 4 is 45.9 Å². The third-order valence-corrected chi connectivity index (χ3v) is 12.7. The van der Waals surface area contributed by atoms with E-state index in [9.17, 15) is 4.79 Å². The summed E-state index contributed by atoms with van der Waals surface area (Å²) in [6.45, 7) is 4.34. The van der Waals surface area contributed by atoms with Gasteiger partial charge in [-0.05, 0) is 80.2 Å². The molecule has 0 saturated heterocycles. The molecule has 8 nitrogen and oxygen atoms in total. The van der Waals surface area contributed by atoms with Crippen molar-refractivity contribution in [3.8, 4) is 22.0 Å². The van der Waals surface area contributed by atoms with Gasteiger partial charge in [0.05, 0.1) is 34.9 Å². The number of nitrogens with one attached hydrogen (secondary N) is 1. The lowest BCUT2D eigenvalue weighted by molar-refractivity contribution is -0.154. The number of ether oxygens (including phenoxy) is 1. The minimum atomic E-state index is -0.861. The molecule has 3 saturated carbocycles. The number of nitrogens with zero attached hydrogens (tertiary/aromatic N) is 5. The van der Waals surface area contributed by atoms with E-state index in [0.717, 1.165) is 52.9 Å². The number of aromatic nitrogens is 5. The van der Waals surface area contributed by atoms with E-state index in [4.69, 9.17) is 36.3 Å². The summed E-state index contributed by atoms with van der Waals surface area (Å²) >= 11 is 8.36. The molecule has 10 rings (SSSR count). The number of hydrogen-bond donors (Lipinski definition) is 1. The van der Waals surface area contributed by atoms with Crippen molar-refractivity contribution in [1.82, 2.24) is 24.5 Å². The fraction of sp³-hybridized carbons (Fsp3) is 0.267. The number of aryl methyl sites for hydroxylation is 1. The molecule has 0 amide bonds. The summed E-state index contributed by atoms with van der Waals surface area (Å²) in [5.74, 6) is 1.44. The van der Waals surface area contributed by atoms with Crippen molar-refractivity contribution < 1.29 is 9.53 Å². The van der Waals surface area contributed by atoms with E-state index in [-0.39, 0.29) is 23.1 Å². The quantitative estimate of drug-likeness (QED) is 0.109. The monoisotopic (exact) mass is 764 g/mol. The molecule has 0 spiro atoms. The van der Waals surface area contributed by atoms with Crippen LogP contribution in [0, 0.1) is 24.7 Å². The lowest BCUT2D eigenvalue weighted by atomic mass is 9.61. The number of anilines is 1. The molecular weight excluding hydrogens is 724 g/mol. The van der Waals surface area contributed by atoms with Gasteiger partial charge in [0.2, 0.25) is 0 Å². The number of thiophene rings is 1. The van der Waals surface area contributed by atoms with Crippen molar-refractivity contribution in [2.45, 2.75) is 51.1 Å². The molecule has 276 valence electrons. The topological polar surface area (TPSA) is 94.8 Å². The summed E-state index contributed by atoms with van der Waals surface area (Å²) in [7, 11) is 0. The predicted molar refractivity (Wildman–Crippen MR) is 219 cm³/mol. The molecule has 3 aromatic carbocycles. The maximum atomic E-state index is 13.5. The molecule has 2 atom stereocenters. The van der Waals surface area contributed by atoms with E-state index >= 15 is 0 Å². The zero-order valence-electron chi connectivity index (χ0n) is 30.7. The van der Waals surface area contributed by atoms with Crippen LogP contribution in [0.4, 0.5) is 5.82 Å². The molecule has 10 heteroatoms. The van der Waals surface area contributed by atoms with E-state index in [1.165, 1.54) is 4.88 Å². The number of carbonyl (C=O) groups excluding carboxylic acids is 1. The first kappa shape index (κ1) is 35.3. The Bertz CT molecular complexity index is 2370. The van der Waals surface area contributed by atoms with Crippen LogP contribution in [-0.2, 0) is 15.1 Å². The van der Waals surface area contributed by atoms with Gasteiger partial charge < -0.3 is 14.6 Å². The van der Waals surface area contributed by atoms with E-state index in [1.807, 2.05) is 31.2 Å². The summed E-state index contributed by atoms with van der Waals surface area (Å²) < 4.78 is 7.86. The highest BCUT2D eigenvalue weighted by Crippen LogP contribution is 2.48. The number of fused-ring (bicyclic) bond motifs is 4. The fourth-order valence-corrected chi connectivity index (χ4v) is 10.1. The van der Waals surface area contributed by atoms with E-state index in [1.54, 1.807) is 17.5 Å². The van der Waals surface area contributed by atoms with Gasteiger partial charge in [-0.25, -0.2) is 19.9 Å². The maximum absolute atomic E-state index is 13.5. The van der Waals surface area contributed by atoms with Crippen LogP contribution in [0.25, 0.3) is 33.1 Å². The SMILES string of the molecule is CCOC(=O)[C@H]1C2CCC(CC2)[C@@H]1Nc1cc(-c2ccc(C)s2)nc(-c2cn(C(c3ccccc3)(c3ccccc3)c3ccccc3)c3ncc(Cl)nc23)n1. The van der Waals surface area contributed by atoms with Gasteiger partial charge in [-0.2, -0.15) is 0 Å². The summed E-state index contributed by atoms with van der Waals surface area (Å²) in [5, 5.41) is 4.06. The molecular formula is C45H41ClN6O2S. The lowest BCUT2D eigenvalue weighted by Gasteiger charge is -2.47. The zero-order chi connectivity index (χ0) is 37.5. The number of halogens is 1. The normalized spacial score (nSPS) is 19.4. The second-order valence-electron chi connectivity index (χ2n) is 14.6. The van der Waals surface area contributed by atoms with Gasteiger partial charge in [0.25, 0.3) is 0 Å². The Hall–Kier alpha value is -5.38. The van der Waals surface area contributed by atoms with Crippen LogP contribution in [0.1, 0.15) is 54.2 Å². The molecule has 0 radical (unpaired) electrons. The van der Waals surface area contributed by atoms with Gasteiger partial charge in [-0.3, -0.25) is 4.79 Å². The van der Waals surface area contributed by atoms with Gasteiger partial charge >= 0.3 is 5.97 Å². The van der Waals surface area contributed by atoms with Gasteiger partial charge in [0.15, 0.2) is 11.5 Å². The molecule has 7 aromatic rings. The third-order valence-electron chi connectivity index (χ3n) is 11.5. The first-order chi connectivity index (χ1) is 26.9. The molecule has 0 aliphatic heterocycles. The van der Waals surface area contributed by atoms with Gasteiger partial charge in [0.1, 0.15) is 22.0 Å². The maximum Gasteiger partial charge on any atom is 0.311 e. The van der Waals surface area contributed by atoms with Crippen molar-refractivity contribution in [3.05, 3.63) is 148 Å². The van der Waals surface area contributed by atoms with Crippen molar-refractivity contribution in [2.24, 2.45) is 17.8 Å². The largest absolute Gasteiger partial charge is 0.466 e. The highest BCUT2D eigenvalue weighted by atomic mass is 35.5. The van der Waals surface area contributed by atoms with Gasteiger partial charge in [-0.1, -0.05) is 103 Å². The van der Waals surface area contributed by atoms with Crippen LogP contribution in [0.2, 0.25) is 5.15 Å². The fourth-order valence-electron chi connectivity index (χ4n) is 9.09. The Morgan fingerprint density at radius 3 is 2.05 bits per heavy atom. The highest BCUT2D eigenvalue weighted by molar-refractivity contribution is 7.15. The van der Waals surface area contributed by atoms with Crippen LogP contribution in [0.3, 0.4) is 0 Å². The summed E-state index contributed by atoms with van der Waals surface area (Å²) in [4.78, 5) is 36.1. The molecule has 1 N–H and O–H groups in total. The standard InChI is InChI=1S/C45H41ClN6O2S/c1-3-54-44(53)39-29-20-22-30(23-21-29)40(39)50-38-25-35(36-24-19-28(2)55-36)48-42(51-38)34-27-52(43-41(34)49-37(46)26-47-43)45(31-13-7-4-8-14-31,32-15-9-5-10-16-32)33-17-11-6-12-18-33/h4-19,24-27,29-30,39-40H,3,20-23H2,1-2H3,(H,48,50,51)/t29?,30?,39-,40-/m0/s1. The molecule has 4 aromatic heterocycles. The molecule has 2 bridgehead atoms. The minimum absolute atomic E-state index is 0.0929. The van der Waals surface area contributed by atoms with Crippen LogP contribution >= 0.6 is 22.9 Å². The zero-order valence-corrected chi connectivity index (χ0v) is 32.3. The van der Waals surface area contributed by atoms with Crippen LogP contribution in [0.15, 0.2) is 122 Å². The molecule has 3 aliphatic carbocycles. The van der Waals surface area contributed by atoms with Gasteiger partial charge in [-0.15, -0.1) is 11.3 Å². The van der Waals surface area contributed by atoms with E-state index in [2.05, 4.69) is 108 Å². The molecule has 3 fully saturated rings. The number of benzene rings is 3. The third kappa shape index (κ3) is 6.29. The smallest absolute Gasteiger partial charge is 0.311 e. The minimum Gasteiger partial charge on any atom is -0.466 e. The average Bonchev–Trinajstić information content (AvgIpc) is 3.83. The summed E-state index contributed by atoms with van der Waals surface area (Å²) in [6, 6.07) is 37.6. The van der Waals surface area contributed by atoms with Crippen molar-refractivity contribution in [3.63, 3.8) is 0 Å². The number of esters is 1. The first-order valence-electron chi connectivity index (χ1n) is 19.0. The first-order valence-corrected chi connectivity index (χ1v) is 20.2. The number of carbonyl (C=O) groups is 1. The average molecular weight is 765 g/mol. The highest BCUT2D eigenvalue weighted by Gasteiger charge is 2.48. The van der Waals surface area contributed by atoms with Crippen LogP contribution in [-0.4, -0.2) is 43.1 Å². The molecule has 55 heavy (non-hydrogen) atoms. The van der Waals surface area contributed by atoms with Crippen molar-refractivity contribution in [2.75, 3.05) is 11.9 Å².